The molecule has 0 aliphatic carbocycles. The predicted molar refractivity (Wildman–Crippen MR) is 154 cm³/mol. The van der Waals surface area contributed by atoms with E-state index in [0.29, 0.717) is 25.9 Å². The molecule has 220 valence electrons. The van der Waals surface area contributed by atoms with Crippen molar-refractivity contribution in [2.75, 3.05) is 33.9 Å². The number of aryl methyl sites for hydroxylation is 2. The molecule has 8 heteroatoms. The predicted octanol–water partition coefficient (Wildman–Crippen LogP) is 7.02. The highest BCUT2D eigenvalue weighted by Gasteiger charge is 2.38. The molecule has 0 spiro atoms. The number of ether oxygens (including phenoxy) is 3. The summed E-state index contributed by atoms with van der Waals surface area (Å²) in [7, 11) is 3.25. The van der Waals surface area contributed by atoms with E-state index in [9.17, 15) is 14.0 Å². The molecule has 2 amide bonds. The van der Waals surface area contributed by atoms with Crippen LogP contribution < -0.4 is 4.74 Å². The van der Waals surface area contributed by atoms with Crippen molar-refractivity contribution in [1.82, 2.24) is 9.80 Å². The second-order valence-corrected chi connectivity index (χ2v) is 10.7. The Kier molecular flexibility index (Phi) is 13.1. The molecule has 40 heavy (non-hydrogen) atoms. The van der Waals surface area contributed by atoms with Gasteiger partial charge in [0.25, 0.3) is 0 Å². The monoisotopic (exact) mass is 556 g/mol. The number of nitrogens with zero attached hydrogens (tertiary/aromatic N) is 2. The molecule has 3 rings (SSSR count). The summed E-state index contributed by atoms with van der Waals surface area (Å²) >= 11 is 0. The van der Waals surface area contributed by atoms with Crippen LogP contribution in [0.2, 0.25) is 0 Å². The van der Waals surface area contributed by atoms with Gasteiger partial charge >= 0.3 is 12.2 Å². The third-order valence-corrected chi connectivity index (χ3v) is 7.24. The Morgan fingerprint density at radius 1 is 0.950 bits per heavy atom. The first-order chi connectivity index (χ1) is 19.4. The first-order valence-electron chi connectivity index (χ1n) is 14.6. The van der Waals surface area contributed by atoms with E-state index in [1.807, 2.05) is 24.3 Å². The van der Waals surface area contributed by atoms with Gasteiger partial charge in [0.05, 0.1) is 19.8 Å². The van der Waals surface area contributed by atoms with Gasteiger partial charge < -0.3 is 24.0 Å². The van der Waals surface area contributed by atoms with E-state index in [1.165, 1.54) is 35.8 Å². The van der Waals surface area contributed by atoms with E-state index >= 15 is 0 Å². The van der Waals surface area contributed by atoms with Gasteiger partial charge in [-0.25, -0.2) is 14.0 Å². The smallest absolute Gasteiger partial charge is 0.410 e. The molecule has 2 aromatic carbocycles. The molecule has 7 nitrogen and oxygen atoms in total. The molecule has 1 saturated heterocycles. The van der Waals surface area contributed by atoms with Crippen LogP contribution >= 0.6 is 0 Å². The van der Waals surface area contributed by atoms with Gasteiger partial charge in [-0.15, -0.1) is 0 Å². The first kappa shape index (κ1) is 31.2. The van der Waals surface area contributed by atoms with Crippen LogP contribution in [0, 0.1) is 5.82 Å². The summed E-state index contributed by atoms with van der Waals surface area (Å²) < 4.78 is 31.9. The summed E-state index contributed by atoms with van der Waals surface area (Å²) in [5, 5.41) is 0. The minimum Gasteiger partial charge on any atom is -0.490 e. The van der Waals surface area contributed by atoms with Gasteiger partial charge in [-0.1, -0.05) is 81.5 Å². The van der Waals surface area contributed by atoms with E-state index in [0.717, 1.165) is 31.2 Å². The number of hydrogen-bond acceptors (Lipinski definition) is 5. The fourth-order valence-electron chi connectivity index (χ4n) is 4.96. The zero-order valence-corrected chi connectivity index (χ0v) is 24.3. The standard InChI is InChI=1S/C32H45FN2O5/c1-4-5-6-7-8-12-21-39-32(37)35-24-28(40-31(36)34(2)3)23-27(35)20-22-38-30-26(16-13-17-29(30)33)19-18-25-14-10-9-11-15-25/h9-11,13-17,27-28H,4-8,12,18-24H2,1-3H3/t27-,28-/m1/s1. The molecular formula is C32H45FN2O5. The fraction of sp³-hybridized carbons (Fsp3) is 0.562. The third kappa shape index (κ3) is 10.0. The molecule has 0 aromatic heterocycles. The summed E-state index contributed by atoms with van der Waals surface area (Å²) in [5.74, 6) is -0.144. The van der Waals surface area contributed by atoms with Crippen molar-refractivity contribution in [3.8, 4) is 5.75 Å². The average Bonchev–Trinajstić information content (AvgIpc) is 3.35. The highest BCUT2D eigenvalue weighted by atomic mass is 19.1. The molecule has 1 aliphatic heterocycles. The van der Waals surface area contributed by atoms with E-state index in [4.69, 9.17) is 14.2 Å². The number of amides is 2. The lowest BCUT2D eigenvalue weighted by Crippen LogP contribution is -2.38. The maximum atomic E-state index is 14.8. The average molecular weight is 557 g/mol. The number of likely N-dealkylation sites (tertiary alicyclic amines) is 1. The molecule has 2 atom stereocenters. The van der Waals surface area contributed by atoms with Crippen molar-refractivity contribution in [3.05, 3.63) is 65.5 Å². The van der Waals surface area contributed by atoms with Crippen molar-refractivity contribution in [2.24, 2.45) is 0 Å². The molecule has 2 aromatic rings. The number of halogens is 1. The van der Waals surface area contributed by atoms with Gasteiger partial charge in [-0.3, -0.25) is 0 Å². The first-order valence-corrected chi connectivity index (χ1v) is 14.6. The highest BCUT2D eigenvalue weighted by molar-refractivity contribution is 5.69. The van der Waals surface area contributed by atoms with Crippen LogP contribution in [0.4, 0.5) is 14.0 Å². The lowest BCUT2D eigenvalue weighted by molar-refractivity contribution is 0.0704. The molecule has 1 heterocycles. The minimum absolute atomic E-state index is 0.222. The highest BCUT2D eigenvalue weighted by Crippen LogP contribution is 2.28. The Bertz CT molecular complexity index is 1050. The lowest BCUT2D eigenvalue weighted by atomic mass is 10.0. The van der Waals surface area contributed by atoms with Gasteiger partial charge in [0, 0.05) is 33.0 Å². The number of unbranched alkanes of at least 4 members (excludes halogenated alkanes) is 5. The fourth-order valence-corrected chi connectivity index (χ4v) is 4.96. The number of carbonyl (C=O) groups excluding carboxylic acids is 2. The van der Waals surface area contributed by atoms with Gasteiger partial charge in [0.15, 0.2) is 11.6 Å². The van der Waals surface area contributed by atoms with Crippen molar-refractivity contribution in [3.63, 3.8) is 0 Å². The number of carbonyl (C=O) groups is 2. The SMILES string of the molecule is CCCCCCCCOC(=O)N1C[C@H](OC(=O)N(C)C)C[C@H]1CCOc1c(F)cccc1CCc1ccccc1. The maximum absolute atomic E-state index is 14.8. The number of benzene rings is 2. The Morgan fingerprint density at radius 3 is 2.45 bits per heavy atom. The second kappa shape index (κ2) is 16.7. The lowest BCUT2D eigenvalue weighted by Gasteiger charge is -2.24. The molecular weight excluding hydrogens is 511 g/mol. The van der Waals surface area contributed by atoms with Gasteiger partial charge in [0.2, 0.25) is 0 Å². The van der Waals surface area contributed by atoms with Crippen LogP contribution in [-0.2, 0) is 22.3 Å². The van der Waals surface area contributed by atoms with Crippen molar-refractivity contribution in [1.29, 1.82) is 0 Å². The zero-order valence-electron chi connectivity index (χ0n) is 24.3. The minimum atomic E-state index is -0.447. The summed E-state index contributed by atoms with van der Waals surface area (Å²) in [6, 6.07) is 14.8. The van der Waals surface area contributed by atoms with Crippen LogP contribution in [0.25, 0.3) is 0 Å². The van der Waals surface area contributed by atoms with Gasteiger partial charge in [-0.05, 0) is 36.5 Å². The number of para-hydroxylation sites is 1. The van der Waals surface area contributed by atoms with E-state index in [-0.39, 0.29) is 24.9 Å². The number of hydrogen-bond donors (Lipinski definition) is 0. The second-order valence-electron chi connectivity index (χ2n) is 10.7. The topological polar surface area (TPSA) is 68.3 Å². The van der Waals surface area contributed by atoms with Crippen LogP contribution in [0.1, 0.15) is 69.4 Å². The molecule has 1 aliphatic rings. The van der Waals surface area contributed by atoms with Crippen LogP contribution in [0.15, 0.2) is 48.5 Å². The summed E-state index contributed by atoms with van der Waals surface area (Å²) in [6.07, 6.45) is 7.71. The molecule has 0 radical (unpaired) electrons. The van der Waals surface area contributed by atoms with Crippen LogP contribution in [0.3, 0.4) is 0 Å². The zero-order chi connectivity index (χ0) is 28.7. The van der Waals surface area contributed by atoms with Crippen LogP contribution in [-0.4, -0.2) is 68.0 Å². The molecule has 1 fully saturated rings. The van der Waals surface area contributed by atoms with Gasteiger partial charge in [-0.2, -0.15) is 0 Å². The quantitative estimate of drug-likeness (QED) is 0.221. The Hall–Kier alpha value is -3.29. The van der Waals surface area contributed by atoms with Crippen LogP contribution in [0.5, 0.6) is 5.75 Å². The van der Waals surface area contributed by atoms with Crippen molar-refractivity contribution in [2.45, 2.75) is 83.3 Å². The summed E-state index contributed by atoms with van der Waals surface area (Å²) in [5.41, 5.74) is 1.99. The van der Waals surface area contributed by atoms with Crippen molar-refractivity contribution < 1.29 is 28.2 Å². The number of rotatable bonds is 15. The molecule has 0 N–H and O–H groups in total. The Morgan fingerprint density at radius 2 is 1.70 bits per heavy atom. The summed E-state index contributed by atoms with van der Waals surface area (Å²) in [6.45, 7) is 3.04. The Labute approximate surface area is 238 Å². The summed E-state index contributed by atoms with van der Waals surface area (Å²) in [4.78, 5) is 28.1. The van der Waals surface area contributed by atoms with Crippen molar-refractivity contribution >= 4 is 12.2 Å². The molecule has 0 saturated carbocycles. The van der Waals surface area contributed by atoms with E-state index in [2.05, 4.69) is 19.1 Å². The van der Waals surface area contributed by atoms with E-state index in [1.54, 1.807) is 25.1 Å². The molecule has 0 unspecified atom stereocenters. The Balaban J connectivity index is 1.56. The normalized spacial score (nSPS) is 16.6. The van der Waals surface area contributed by atoms with E-state index < -0.39 is 24.1 Å². The third-order valence-electron chi connectivity index (χ3n) is 7.24. The van der Waals surface area contributed by atoms with Gasteiger partial charge in [0.1, 0.15) is 6.10 Å². The maximum Gasteiger partial charge on any atom is 0.410 e. The largest absolute Gasteiger partial charge is 0.490 e. The molecule has 0 bridgehead atoms.